The highest BCUT2D eigenvalue weighted by atomic mass is 28.4. The van der Waals surface area contributed by atoms with E-state index in [0.29, 0.717) is 11.3 Å². The van der Waals surface area contributed by atoms with Crippen molar-refractivity contribution in [3.8, 4) is 11.5 Å². The summed E-state index contributed by atoms with van der Waals surface area (Å²) in [6.45, 7) is 18.9. The lowest BCUT2D eigenvalue weighted by atomic mass is 9.76. The maximum absolute atomic E-state index is 12.1. The minimum Gasteiger partial charge on any atom is -0.454 e. The second-order valence-electron chi connectivity index (χ2n) is 11.8. The lowest BCUT2D eigenvalue weighted by Gasteiger charge is -2.44. The van der Waals surface area contributed by atoms with Crippen LogP contribution in [0.5, 0.6) is 11.5 Å². The van der Waals surface area contributed by atoms with E-state index in [1.165, 1.54) is 5.57 Å². The van der Waals surface area contributed by atoms with Crippen LogP contribution in [0.25, 0.3) is 0 Å². The highest BCUT2D eigenvalue weighted by molar-refractivity contribution is 6.76. The molecule has 1 aromatic carbocycles. The van der Waals surface area contributed by atoms with Gasteiger partial charge in [-0.05, 0) is 61.1 Å². The minimum atomic E-state index is -1.97. The second kappa shape index (κ2) is 8.87. The SMILES string of the molecule is CC(C)(C)[Si](C)(C)O[C@@H]1CCC/C(=C\C[Si](C)(C)C)C1c1cc2c(cc1C=O)OCO2. The van der Waals surface area contributed by atoms with Crippen molar-refractivity contribution >= 4 is 22.7 Å². The maximum Gasteiger partial charge on any atom is 0.231 e. The van der Waals surface area contributed by atoms with Gasteiger partial charge in [0.1, 0.15) is 6.29 Å². The summed E-state index contributed by atoms with van der Waals surface area (Å²) in [6.07, 6.45) is 6.74. The van der Waals surface area contributed by atoms with Crippen molar-refractivity contribution in [3.63, 3.8) is 0 Å². The molecule has 0 saturated heterocycles. The van der Waals surface area contributed by atoms with E-state index in [2.05, 4.69) is 59.6 Å². The first-order valence-electron chi connectivity index (χ1n) is 11.6. The Bertz CT molecular complexity index is 846. The van der Waals surface area contributed by atoms with Gasteiger partial charge in [0, 0.05) is 19.6 Å². The summed E-state index contributed by atoms with van der Waals surface area (Å²) in [7, 11) is -3.20. The smallest absolute Gasteiger partial charge is 0.231 e. The Morgan fingerprint density at radius 3 is 2.32 bits per heavy atom. The van der Waals surface area contributed by atoms with Crippen LogP contribution in [0.1, 0.15) is 61.9 Å². The minimum absolute atomic E-state index is 0.0848. The molecule has 172 valence electrons. The van der Waals surface area contributed by atoms with Gasteiger partial charge < -0.3 is 13.9 Å². The highest BCUT2D eigenvalue weighted by Crippen LogP contribution is 2.47. The monoisotopic (exact) mass is 460 g/mol. The number of aldehydes is 1. The zero-order valence-corrected chi connectivity index (χ0v) is 22.6. The molecule has 3 rings (SSSR count). The number of fused-ring (bicyclic) bond motifs is 1. The van der Waals surface area contributed by atoms with E-state index in [0.717, 1.165) is 42.9 Å². The molecule has 1 aromatic rings. The van der Waals surface area contributed by atoms with Gasteiger partial charge in [-0.1, -0.05) is 52.1 Å². The lowest BCUT2D eigenvalue weighted by Crippen LogP contribution is -2.46. The average molecular weight is 461 g/mol. The van der Waals surface area contributed by atoms with Crippen LogP contribution in [0.4, 0.5) is 0 Å². The van der Waals surface area contributed by atoms with Gasteiger partial charge in [-0.15, -0.1) is 0 Å². The molecule has 2 atom stereocenters. The van der Waals surface area contributed by atoms with E-state index in [1.807, 2.05) is 12.1 Å². The predicted octanol–water partition coefficient (Wildman–Crippen LogP) is 7.15. The van der Waals surface area contributed by atoms with Gasteiger partial charge in [-0.3, -0.25) is 4.79 Å². The largest absolute Gasteiger partial charge is 0.454 e. The number of carbonyl (C=O) groups excluding carboxylic acids is 1. The zero-order chi connectivity index (χ0) is 23.0. The average Bonchev–Trinajstić information content (AvgIpc) is 3.11. The van der Waals surface area contributed by atoms with Crippen LogP contribution in [0.3, 0.4) is 0 Å². The van der Waals surface area contributed by atoms with E-state index >= 15 is 0 Å². The number of benzene rings is 1. The molecule has 4 nitrogen and oxygen atoms in total. The molecule has 2 aliphatic rings. The third-order valence-electron chi connectivity index (χ3n) is 6.99. The van der Waals surface area contributed by atoms with E-state index < -0.39 is 16.4 Å². The van der Waals surface area contributed by atoms with Crippen LogP contribution >= 0.6 is 0 Å². The molecule has 0 radical (unpaired) electrons. The summed E-state index contributed by atoms with van der Waals surface area (Å²) in [6, 6.07) is 5.03. The molecule has 0 amide bonds. The molecule has 0 aromatic heterocycles. The second-order valence-corrected chi connectivity index (χ2v) is 22.1. The van der Waals surface area contributed by atoms with Gasteiger partial charge in [-0.2, -0.15) is 0 Å². The van der Waals surface area contributed by atoms with Crippen LogP contribution in [-0.4, -0.2) is 35.6 Å². The first-order valence-corrected chi connectivity index (χ1v) is 18.2. The topological polar surface area (TPSA) is 44.8 Å². The molecule has 1 unspecified atom stereocenters. The molecule has 0 N–H and O–H groups in total. The Labute approximate surface area is 190 Å². The van der Waals surface area contributed by atoms with Crippen LogP contribution in [0.15, 0.2) is 23.8 Å². The molecule has 1 heterocycles. The van der Waals surface area contributed by atoms with Crippen molar-refractivity contribution in [2.24, 2.45) is 0 Å². The fraction of sp³-hybridized carbons (Fsp3) is 0.640. The lowest BCUT2D eigenvalue weighted by molar-refractivity contribution is 0.111. The van der Waals surface area contributed by atoms with Gasteiger partial charge in [-0.25, -0.2) is 0 Å². The fourth-order valence-corrected chi connectivity index (χ4v) is 6.40. The van der Waals surface area contributed by atoms with Gasteiger partial charge >= 0.3 is 0 Å². The molecule has 31 heavy (non-hydrogen) atoms. The molecule has 1 aliphatic heterocycles. The Balaban J connectivity index is 2.08. The first kappa shape index (κ1) is 24.3. The molecular weight excluding hydrogens is 420 g/mol. The van der Waals surface area contributed by atoms with E-state index in [1.54, 1.807) is 0 Å². The maximum atomic E-state index is 12.1. The fourth-order valence-electron chi connectivity index (χ4n) is 4.16. The summed E-state index contributed by atoms with van der Waals surface area (Å²) in [5.74, 6) is 1.49. The first-order chi connectivity index (χ1) is 14.3. The summed E-state index contributed by atoms with van der Waals surface area (Å²) >= 11 is 0. The van der Waals surface area contributed by atoms with Crippen molar-refractivity contribution in [2.45, 2.75) is 95.9 Å². The van der Waals surface area contributed by atoms with E-state index in [-0.39, 0.29) is 23.9 Å². The van der Waals surface area contributed by atoms with E-state index in [9.17, 15) is 4.79 Å². The quantitative estimate of drug-likeness (QED) is 0.257. The number of hydrogen-bond donors (Lipinski definition) is 0. The summed E-state index contributed by atoms with van der Waals surface area (Å²) < 4.78 is 18.2. The Kier molecular flexibility index (Phi) is 6.94. The van der Waals surface area contributed by atoms with Gasteiger partial charge in [0.2, 0.25) is 6.79 Å². The summed E-state index contributed by atoms with van der Waals surface area (Å²) in [4.78, 5) is 12.1. The summed E-state index contributed by atoms with van der Waals surface area (Å²) in [5.41, 5.74) is 3.16. The standard InChI is InChI=1S/C25H40O4Si2/c1-25(2,3)31(7,8)29-21-11-9-10-18(12-13-30(4,5)6)24(21)20-15-23-22(27-17-28-23)14-19(20)16-26/h12,14-16,21,24H,9-11,13,17H2,1-8H3/b18-12+/t21-,24?/m1/s1. The molecule has 1 aliphatic carbocycles. The van der Waals surface area contributed by atoms with Crippen LogP contribution < -0.4 is 9.47 Å². The number of ether oxygens (including phenoxy) is 2. The molecule has 1 saturated carbocycles. The number of allylic oxidation sites excluding steroid dienone is 1. The Hall–Kier alpha value is -1.38. The Morgan fingerprint density at radius 1 is 1.10 bits per heavy atom. The third kappa shape index (κ3) is 5.52. The number of rotatable bonds is 6. The normalized spacial score (nSPS) is 23.3. The third-order valence-corrected chi connectivity index (χ3v) is 12.9. The molecule has 0 bridgehead atoms. The van der Waals surface area contributed by atoms with Gasteiger partial charge in [0.05, 0.1) is 6.10 Å². The van der Waals surface area contributed by atoms with Crippen molar-refractivity contribution in [1.82, 2.24) is 0 Å². The van der Waals surface area contributed by atoms with Gasteiger partial charge in [0.25, 0.3) is 0 Å². The van der Waals surface area contributed by atoms with Crippen LogP contribution in [0, 0.1) is 0 Å². The molecular formula is C25H40O4Si2. The van der Waals surface area contributed by atoms with Crippen molar-refractivity contribution < 1.29 is 18.7 Å². The predicted molar refractivity (Wildman–Crippen MR) is 133 cm³/mol. The van der Waals surface area contributed by atoms with Crippen LogP contribution in [-0.2, 0) is 4.43 Å². The number of carbonyl (C=O) groups is 1. The zero-order valence-electron chi connectivity index (χ0n) is 20.6. The molecule has 6 heteroatoms. The van der Waals surface area contributed by atoms with Gasteiger partial charge in [0.15, 0.2) is 19.8 Å². The van der Waals surface area contributed by atoms with E-state index in [4.69, 9.17) is 13.9 Å². The molecule has 1 fully saturated rings. The van der Waals surface area contributed by atoms with Crippen molar-refractivity contribution in [3.05, 3.63) is 34.9 Å². The van der Waals surface area contributed by atoms with Crippen LogP contribution in [0.2, 0.25) is 43.8 Å². The van der Waals surface area contributed by atoms with Crippen molar-refractivity contribution in [2.75, 3.05) is 6.79 Å². The van der Waals surface area contributed by atoms with Crippen molar-refractivity contribution in [1.29, 1.82) is 0 Å². The highest BCUT2D eigenvalue weighted by Gasteiger charge is 2.43. The molecule has 0 spiro atoms. The number of hydrogen-bond acceptors (Lipinski definition) is 4. The summed E-state index contributed by atoms with van der Waals surface area (Å²) in [5, 5.41) is 0.138. The Morgan fingerprint density at radius 2 is 1.74 bits per heavy atom.